The van der Waals surface area contributed by atoms with Crippen LogP contribution in [0.1, 0.15) is 57.2 Å². The van der Waals surface area contributed by atoms with Crippen LogP contribution >= 0.6 is 0 Å². The molecular weight excluding hydrogens is 282 g/mol. The van der Waals surface area contributed by atoms with Gasteiger partial charge in [0, 0.05) is 6.04 Å². The molecule has 3 rings (SSSR count). The largest absolute Gasteiger partial charge is 0.352 e. The lowest BCUT2D eigenvalue weighted by atomic mass is 10.1. The zero-order valence-electron chi connectivity index (χ0n) is 13.0. The number of fused-ring (bicyclic) bond motifs is 1. The van der Waals surface area contributed by atoms with Crippen LogP contribution in [0.25, 0.3) is 0 Å². The summed E-state index contributed by atoms with van der Waals surface area (Å²) in [5.74, 6) is -0.137. The van der Waals surface area contributed by atoms with Crippen molar-refractivity contribution < 1.29 is 9.59 Å². The second kappa shape index (κ2) is 6.46. The summed E-state index contributed by atoms with van der Waals surface area (Å²) >= 11 is 0. The maximum absolute atomic E-state index is 12.3. The van der Waals surface area contributed by atoms with Crippen LogP contribution in [0, 0.1) is 0 Å². The highest BCUT2D eigenvalue weighted by Gasteiger charge is 2.32. The lowest BCUT2D eigenvalue weighted by molar-refractivity contribution is -0.141. The fraction of sp³-hybridized carbons (Fsp3) is 0.733. The summed E-state index contributed by atoms with van der Waals surface area (Å²) in [5, 5.41) is 10.9. The maximum atomic E-state index is 12.3. The Morgan fingerprint density at radius 1 is 1.32 bits per heavy atom. The minimum Gasteiger partial charge on any atom is -0.352 e. The van der Waals surface area contributed by atoms with Crippen LogP contribution in [0.15, 0.2) is 6.20 Å². The van der Waals surface area contributed by atoms with Crippen molar-refractivity contribution in [2.24, 2.45) is 0 Å². The fourth-order valence-corrected chi connectivity index (χ4v) is 3.35. The predicted octanol–water partition coefficient (Wildman–Crippen LogP) is 1.02. The highest BCUT2D eigenvalue weighted by molar-refractivity contribution is 5.87. The van der Waals surface area contributed by atoms with Crippen LogP contribution in [-0.2, 0) is 16.1 Å². The smallest absolute Gasteiger partial charge is 0.248 e. The molecule has 2 heterocycles. The van der Waals surface area contributed by atoms with Gasteiger partial charge in [-0.1, -0.05) is 30.9 Å². The Labute approximate surface area is 130 Å². The summed E-state index contributed by atoms with van der Waals surface area (Å²) in [5.41, 5.74) is 0.870. The van der Waals surface area contributed by atoms with Gasteiger partial charge >= 0.3 is 0 Å². The molecule has 7 nitrogen and oxygen atoms in total. The molecule has 120 valence electrons. The third kappa shape index (κ3) is 3.13. The molecule has 1 aromatic rings. The molecule has 0 unspecified atom stereocenters. The van der Waals surface area contributed by atoms with Crippen molar-refractivity contribution in [2.75, 3.05) is 6.54 Å². The third-order valence-electron chi connectivity index (χ3n) is 4.59. The molecule has 7 heteroatoms. The van der Waals surface area contributed by atoms with Gasteiger partial charge in [-0.2, -0.15) is 0 Å². The van der Waals surface area contributed by atoms with E-state index in [4.69, 9.17) is 0 Å². The molecular formula is C15H23N5O2. The lowest BCUT2D eigenvalue weighted by Crippen LogP contribution is -2.48. The average molecular weight is 305 g/mol. The van der Waals surface area contributed by atoms with Crippen molar-refractivity contribution in [1.29, 1.82) is 0 Å². The number of nitrogens with one attached hydrogen (secondary N) is 1. The van der Waals surface area contributed by atoms with Crippen LogP contribution in [0.5, 0.6) is 0 Å². The number of carbonyl (C=O) groups excluding carboxylic acids is 2. The number of hydrogen-bond donors (Lipinski definition) is 1. The van der Waals surface area contributed by atoms with E-state index in [1.807, 2.05) is 0 Å². The molecule has 0 saturated heterocycles. The Morgan fingerprint density at radius 2 is 2.05 bits per heavy atom. The summed E-state index contributed by atoms with van der Waals surface area (Å²) < 4.78 is 1.63. The Hall–Kier alpha value is -1.92. The van der Waals surface area contributed by atoms with Gasteiger partial charge in [0.1, 0.15) is 12.6 Å². The van der Waals surface area contributed by atoms with Crippen LogP contribution in [0.3, 0.4) is 0 Å². The zero-order valence-corrected chi connectivity index (χ0v) is 13.0. The van der Waals surface area contributed by atoms with E-state index in [1.165, 1.54) is 25.7 Å². The van der Waals surface area contributed by atoms with Gasteiger partial charge in [-0.05, 0) is 19.8 Å². The van der Waals surface area contributed by atoms with Gasteiger partial charge in [0.15, 0.2) is 0 Å². The topological polar surface area (TPSA) is 80.1 Å². The third-order valence-corrected chi connectivity index (χ3v) is 4.59. The van der Waals surface area contributed by atoms with Crippen molar-refractivity contribution in [1.82, 2.24) is 25.2 Å². The van der Waals surface area contributed by atoms with Crippen LogP contribution < -0.4 is 5.32 Å². The Kier molecular flexibility index (Phi) is 4.40. The SMILES string of the molecule is C[C@H]1C(=O)N(CC(=O)NC2CCCCCC2)Cc2cnnn21. The monoisotopic (exact) mass is 305 g/mol. The summed E-state index contributed by atoms with van der Waals surface area (Å²) in [6.45, 7) is 2.30. The summed E-state index contributed by atoms with van der Waals surface area (Å²) in [4.78, 5) is 26.2. The quantitative estimate of drug-likeness (QED) is 0.846. The van der Waals surface area contributed by atoms with Gasteiger partial charge in [-0.15, -0.1) is 5.10 Å². The van der Waals surface area contributed by atoms with Gasteiger partial charge in [0.05, 0.1) is 18.4 Å². The molecule has 1 aliphatic carbocycles. The minimum atomic E-state index is -0.392. The first-order valence-electron chi connectivity index (χ1n) is 8.12. The standard InChI is InChI=1S/C15H23N5O2/c1-11-15(22)19(9-13-8-16-18-20(11)13)10-14(21)17-12-6-4-2-3-5-7-12/h8,11-12H,2-7,9-10H2,1H3,(H,17,21)/t11-/m0/s1. The van der Waals surface area contributed by atoms with Gasteiger partial charge in [0.25, 0.3) is 0 Å². The molecule has 1 N–H and O–H groups in total. The van der Waals surface area contributed by atoms with Crippen molar-refractivity contribution in [3.63, 3.8) is 0 Å². The Balaban J connectivity index is 1.58. The number of nitrogens with zero attached hydrogens (tertiary/aromatic N) is 4. The summed E-state index contributed by atoms with van der Waals surface area (Å²) in [6, 6.07) is -0.128. The number of rotatable bonds is 3. The number of amides is 2. The molecule has 0 bridgehead atoms. The Bertz CT molecular complexity index is 548. The fourth-order valence-electron chi connectivity index (χ4n) is 3.35. The molecule has 1 saturated carbocycles. The van der Waals surface area contributed by atoms with Gasteiger partial charge in [-0.3, -0.25) is 9.59 Å². The first-order chi connectivity index (χ1) is 10.6. The number of hydrogen-bond acceptors (Lipinski definition) is 4. The van der Waals surface area contributed by atoms with E-state index in [2.05, 4.69) is 15.6 Å². The molecule has 0 radical (unpaired) electrons. The summed E-state index contributed by atoms with van der Waals surface area (Å²) in [6.07, 6.45) is 8.61. The van der Waals surface area contributed by atoms with E-state index < -0.39 is 6.04 Å². The highest BCUT2D eigenvalue weighted by Crippen LogP contribution is 2.20. The molecule has 22 heavy (non-hydrogen) atoms. The van der Waals surface area contributed by atoms with E-state index in [0.717, 1.165) is 18.5 Å². The number of aromatic nitrogens is 3. The zero-order chi connectivity index (χ0) is 15.5. The maximum Gasteiger partial charge on any atom is 0.248 e. The van der Waals surface area contributed by atoms with Crippen molar-refractivity contribution >= 4 is 11.8 Å². The molecule has 1 fully saturated rings. The van der Waals surface area contributed by atoms with Crippen LogP contribution in [0.4, 0.5) is 0 Å². The van der Waals surface area contributed by atoms with Crippen molar-refractivity contribution in [3.05, 3.63) is 11.9 Å². The second-order valence-corrected chi connectivity index (χ2v) is 6.30. The van der Waals surface area contributed by atoms with E-state index in [1.54, 1.807) is 22.7 Å². The normalized spacial score (nSPS) is 23.0. The second-order valence-electron chi connectivity index (χ2n) is 6.30. The number of carbonyl (C=O) groups is 2. The van der Waals surface area contributed by atoms with E-state index in [9.17, 15) is 9.59 Å². The summed E-state index contributed by atoms with van der Waals surface area (Å²) in [7, 11) is 0. The average Bonchev–Trinajstić information content (AvgIpc) is 2.81. The first-order valence-corrected chi connectivity index (χ1v) is 8.12. The van der Waals surface area contributed by atoms with Crippen LogP contribution in [0.2, 0.25) is 0 Å². The molecule has 1 aliphatic heterocycles. The molecule has 2 aliphatic rings. The van der Waals surface area contributed by atoms with Crippen molar-refractivity contribution in [2.45, 2.75) is 64.1 Å². The highest BCUT2D eigenvalue weighted by atomic mass is 16.2. The van der Waals surface area contributed by atoms with Gasteiger partial charge < -0.3 is 10.2 Å². The van der Waals surface area contributed by atoms with E-state index in [0.29, 0.717) is 6.54 Å². The van der Waals surface area contributed by atoms with E-state index >= 15 is 0 Å². The molecule has 0 aromatic carbocycles. The molecule has 1 aromatic heterocycles. The minimum absolute atomic E-state index is 0.0617. The Morgan fingerprint density at radius 3 is 2.77 bits per heavy atom. The predicted molar refractivity (Wildman–Crippen MR) is 79.8 cm³/mol. The lowest BCUT2D eigenvalue weighted by Gasteiger charge is -2.31. The van der Waals surface area contributed by atoms with Crippen LogP contribution in [-0.4, -0.2) is 44.3 Å². The molecule has 2 amide bonds. The first kappa shape index (κ1) is 15.0. The molecule has 1 atom stereocenters. The van der Waals surface area contributed by atoms with Crippen molar-refractivity contribution in [3.8, 4) is 0 Å². The van der Waals surface area contributed by atoms with Gasteiger partial charge in [0.2, 0.25) is 11.8 Å². The van der Waals surface area contributed by atoms with Gasteiger partial charge in [-0.25, -0.2) is 4.68 Å². The molecule has 0 spiro atoms. The van der Waals surface area contributed by atoms with E-state index in [-0.39, 0.29) is 24.4 Å².